The number of fused-ring (bicyclic) bond motifs is 1. The molecule has 0 unspecified atom stereocenters. The fourth-order valence-electron chi connectivity index (χ4n) is 3.40. The van der Waals surface area contributed by atoms with Crippen LogP contribution in [-0.4, -0.2) is 49.1 Å². The fraction of sp³-hybridized carbons (Fsp3) is 0.250. The van der Waals surface area contributed by atoms with E-state index < -0.39 is 0 Å². The van der Waals surface area contributed by atoms with Gasteiger partial charge in [0.05, 0.1) is 12.7 Å². The first-order valence-electron chi connectivity index (χ1n) is 8.60. The summed E-state index contributed by atoms with van der Waals surface area (Å²) in [6, 6.07) is 12.4. The van der Waals surface area contributed by atoms with Crippen molar-refractivity contribution >= 4 is 22.5 Å². The maximum Gasteiger partial charge on any atom is 0.256 e. The average Bonchev–Trinajstić information content (AvgIpc) is 3.10. The second-order valence-corrected chi connectivity index (χ2v) is 6.37. The van der Waals surface area contributed by atoms with Crippen molar-refractivity contribution in [3.63, 3.8) is 0 Å². The Labute approximate surface area is 151 Å². The molecule has 1 saturated heterocycles. The summed E-state index contributed by atoms with van der Waals surface area (Å²) in [4.78, 5) is 20.0. The van der Waals surface area contributed by atoms with Gasteiger partial charge in [-0.05, 0) is 42.5 Å². The molecular weight excluding hydrogens is 333 g/mol. The molecule has 5 nitrogen and oxygen atoms in total. The van der Waals surface area contributed by atoms with Crippen LogP contribution >= 0.6 is 0 Å². The number of hydrogen-bond acceptors (Lipinski definition) is 3. The number of anilines is 1. The molecule has 0 aliphatic carbocycles. The summed E-state index contributed by atoms with van der Waals surface area (Å²) in [5.74, 6) is 0.431. The smallest absolute Gasteiger partial charge is 0.256 e. The van der Waals surface area contributed by atoms with E-state index in [0.717, 1.165) is 30.0 Å². The Hall–Kier alpha value is -3.02. The van der Waals surface area contributed by atoms with Gasteiger partial charge in [-0.25, -0.2) is 4.39 Å². The summed E-state index contributed by atoms with van der Waals surface area (Å²) in [6.07, 6.45) is 1.67. The highest BCUT2D eigenvalue weighted by Crippen LogP contribution is 2.23. The van der Waals surface area contributed by atoms with Gasteiger partial charge in [0.1, 0.15) is 11.6 Å². The third-order valence-corrected chi connectivity index (χ3v) is 4.88. The second-order valence-electron chi connectivity index (χ2n) is 6.37. The van der Waals surface area contributed by atoms with Crippen LogP contribution in [0.3, 0.4) is 0 Å². The monoisotopic (exact) mass is 353 g/mol. The van der Waals surface area contributed by atoms with Crippen LogP contribution in [0.1, 0.15) is 10.4 Å². The molecule has 0 saturated carbocycles. The summed E-state index contributed by atoms with van der Waals surface area (Å²) in [5, 5.41) is 0.632. The molecule has 0 spiro atoms. The van der Waals surface area contributed by atoms with Crippen LogP contribution in [0.4, 0.5) is 10.1 Å². The number of amides is 1. The summed E-state index contributed by atoms with van der Waals surface area (Å²) in [5.41, 5.74) is 2.41. The van der Waals surface area contributed by atoms with Gasteiger partial charge in [-0.2, -0.15) is 0 Å². The zero-order valence-corrected chi connectivity index (χ0v) is 14.5. The van der Waals surface area contributed by atoms with Crippen LogP contribution in [0.15, 0.2) is 48.7 Å². The van der Waals surface area contributed by atoms with Crippen LogP contribution in [0.5, 0.6) is 5.75 Å². The molecule has 26 heavy (non-hydrogen) atoms. The van der Waals surface area contributed by atoms with Crippen LogP contribution in [0.25, 0.3) is 10.9 Å². The summed E-state index contributed by atoms with van der Waals surface area (Å²) in [7, 11) is 1.65. The lowest BCUT2D eigenvalue weighted by molar-refractivity contribution is 0.0749. The molecule has 1 aromatic heterocycles. The molecule has 1 amide bonds. The zero-order chi connectivity index (χ0) is 18.1. The predicted molar refractivity (Wildman–Crippen MR) is 99.4 cm³/mol. The van der Waals surface area contributed by atoms with E-state index in [-0.39, 0.29) is 11.7 Å². The molecule has 1 aliphatic heterocycles. The third-order valence-electron chi connectivity index (χ3n) is 4.88. The number of aromatic amines is 1. The molecule has 1 aliphatic rings. The molecule has 2 aromatic carbocycles. The summed E-state index contributed by atoms with van der Waals surface area (Å²) < 4.78 is 18.7. The Morgan fingerprint density at radius 3 is 2.50 bits per heavy atom. The maximum atomic E-state index is 13.5. The molecule has 134 valence electrons. The van der Waals surface area contributed by atoms with Gasteiger partial charge in [0.15, 0.2) is 0 Å². The van der Waals surface area contributed by atoms with E-state index in [1.807, 2.05) is 29.2 Å². The summed E-state index contributed by atoms with van der Waals surface area (Å²) >= 11 is 0. The number of carbonyl (C=O) groups is 1. The molecule has 3 aromatic rings. The second kappa shape index (κ2) is 6.71. The lowest BCUT2D eigenvalue weighted by atomic mass is 10.1. The Balaban J connectivity index is 1.46. The van der Waals surface area contributed by atoms with Crippen molar-refractivity contribution in [2.75, 3.05) is 38.2 Å². The first-order valence-corrected chi connectivity index (χ1v) is 8.60. The number of halogens is 1. The largest absolute Gasteiger partial charge is 0.497 e. The first-order chi connectivity index (χ1) is 12.7. The fourth-order valence-corrected chi connectivity index (χ4v) is 3.40. The van der Waals surface area contributed by atoms with Crippen LogP contribution in [0, 0.1) is 5.82 Å². The minimum absolute atomic E-state index is 0.0590. The molecular formula is C20H20FN3O2. The van der Waals surface area contributed by atoms with E-state index in [0.29, 0.717) is 24.0 Å². The minimum atomic E-state index is -0.338. The molecule has 1 fully saturated rings. The highest BCUT2D eigenvalue weighted by Gasteiger charge is 2.24. The van der Waals surface area contributed by atoms with Gasteiger partial charge >= 0.3 is 0 Å². The van der Waals surface area contributed by atoms with Gasteiger partial charge in [0, 0.05) is 49.0 Å². The lowest BCUT2D eigenvalue weighted by Gasteiger charge is -2.36. The Morgan fingerprint density at radius 2 is 1.81 bits per heavy atom. The van der Waals surface area contributed by atoms with E-state index in [4.69, 9.17) is 4.74 Å². The van der Waals surface area contributed by atoms with Gasteiger partial charge in [-0.3, -0.25) is 4.79 Å². The van der Waals surface area contributed by atoms with E-state index in [1.165, 1.54) is 12.1 Å². The number of benzene rings is 2. The topological polar surface area (TPSA) is 48.6 Å². The Kier molecular flexibility index (Phi) is 4.24. The van der Waals surface area contributed by atoms with E-state index in [9.17, 15) is 9.18 Å². The Bertz CT molecular complexity index is 928. The number of H-pyrrole nitrogens is 1. The SMILES string of the molecule is COc1ccc(N2CCN(C(=O)c3c[nH]c4ccc(F)cc34)CC2)cc1. The van der Waals surface area contributed by atoms with E-state index in [1.54, 1.807) is 19.4 Å². The number of carbonyl (C=O) groups excluding carboxylic acids is 1. The number of aromatic nitrogens is 1. The number of rotatable bonds is 3. The van der Waals surface area contributed by atoms with Gasteiger partial charge in [0.25, 0.3) is 5.91 Å². The number of nitrogens with zero attached hydrogens (tertiary/aromatic N) is 2. The predicted octanol–water partition coefficient (Wildman–Crippen LogP) is 3.28. The lowest BCUT2D eigenvalue weighted by Crippen LogP contribution is -2.48. The number of hydrogen-bond donors (Lipinski definition) is 1. The normalized spacial score (nSPS) is 14.7. The van der Waals surface area contributed by atoms with E-state index >= 15 is 0 Å². The van der Waals surface area contributed by atoms with Crippen molar-refractivity contribution in [2.45, 2.75) is 0 Å². The van der Waals surface area contributed by atoms with Crippen molar-refractivity contribution in [3.8, 4) is 5.75 Å². The number of methoxy groups -OCH3 is 1. The van der Waals surface area contributed by atoms with Crippen molar-refractivity contribution < 1.29 is 13.9 Å². The average molecular weight is 353 g/mol. The van der Waals surface area contributed by atoms with Gasteiger partial charge in [0.2, 0.25) is 0 Å². The Morgan fingerprint density at radius 1 is 1.08 bits per heavy atom. The van der Waals surface area contributed by atoms with E-state index in [2.05, 4.69) is 9.88 Å². The number of piperazine rings is 1. The number of ether oxygens (including phenoxy) is 1. The zero-order valence-electron chi connectivity index (χ0n) is 14.5. The molecule has 0 bridgehead atoms. The highest BCUT2D eigenvalue weighted by atomic mass is 19.1. The standard InChI is InChI=1S/C20H20FN3O2/c1-26-16-5-3-15(4-6-16)23-8-10-24(11-9-23)20(25)18-13-22-19-7-2-14(21)12-17(18)19/h2-7,12-13,22H,8-11H2,1H3. The van der Waals surface area contributed by atoms with Crippen molar-refractivity contribution in [3.05, 3.63) is 60.0 Å². The van der Waals surface area contributed by atoms with Gasteiger partial charge in [-0.15, -0.1) is 0 Å². The molecule has 0 atom stereocenters. The van der Waals surface area contributed by atoms with Crippen molar-refractivity contribution in [1.82, 2.24) is 9.88 Å². The molecule has 0 radical (unpaired) electrons. The maximum absolute atomic E-state index is 13.5. The summed E-state index contributed by atoms with van der Waals surface area (Å²) in [6.45, 7) is 2.78. The molecule has 1 N–H and O–H groups in total. The molecule has 6 heteroatoms. The third kappa shape index (κ3) is 2.98. The number of nitrogens with one attached hydrogen (secondary N) is 1. The van der Waals surface area contributed by atoms with Gasteiger partial charge < -0.3 is 19.5 Å². The van der Waals surface area contributed by atoms with Crippen molar-refractivity contribution in [2.24, 2.45) is 0 Å². The van der Waals surface area contributed by atoms with Crippen LogP contribution < -0.4 is 9.64 Å². The minimum Gasteiger partial charge on any atom is -0.497 e. The van der Waals surface area contributed by atoms with Crippen molar-refractivity contribution in [1.29, 1.82) is 0 Å². The first kappa shape index (κ1) is 16.4. The van der Waals surface area contributed by atoms with Crippen LogP contribution in [-0.2, 0) is 0 Å². The molecule has 4 rings (SSSR count). The highest BCUT2D eigenvalue weighted by molar-refractivity contribution is 6.06. The van der Waals surface area contributed by atoms with Crippen LogP contribution in [0.2, 0.25) is 0 Å². The van der Waals surface area contributed by atoms with Gasteiger partial charge in [-0.1, -0.05) is 0 Å². The quantitative estimate of drug-likeness (QED) is 0.786. The molecule has 2 heterocycles.